The summed E-state index contributed by atoms with van der Waals surface area (Å²) in [5, 5.41) is 9.20. The molecule has 0 bridgehead atoms. The van der Waals surface area contributed by atoms with Gasteiger partial charge in [-0.15, -0.1) is 0 Å². The Morgan fingerprint density at radius 2 is 2.16 bits per heavy atom. The van der Waals surface area contributed by atoms with Crippen molar-refractivity contribution in [2.75, 3.05) is 38.8 Å². The van der Waals surface area contributed by atoms with Gasteiger partial charge in [-0.1, -0.05) is 6.07 Å². The molecule has 1 aliphatic heterocycles. The fourth-order valence-corrected chi connectivity index (χ4v) is 2.73. The zero-order valence-corrected chi connectivity index (χ0v) is 12.0. The third-order valence-corrected chi connectivity index (χ3v) is 4.07. The molecule has 0 radical (unpaired) electrons. The number of aliphatic hydroxyl groups is 1. The van der Waals surface area contributed by atoms with Crippen LogP contribution in [0.3, 0.4) is 0 Å². The third kappa shape index (κ3) is 3.19. The fraction of sp³-hybridized carbons (Fsp3) is 0.600. The monoisotopic (exact) mass is 264 g/mol. The van der Waals surface area contributed by atoms with E-state index >= 15 is 0 Å². The molecule has 1 saturated heterocycles. The van der Waals surface area contributed by atoms with Crippen molar-refractivity contribution in [2.24, 2.45) is 0 Å². The van der Waals surface area contributed by atoms with Crippen molar-refractivity contribution in [1.82, 2.24) is 4.90 Å². The van der Waals surface area contributed by atoms with E-state index < -0.39 is 0 Å². The molecule has 1 heterocycles. The molecule has 2 atom stereocenters. The Labute approximate surface area is 115 Å². The van der Waals surface area contributed by atoms with Gasteiger partial charge in [-0.05, 0) is 32.5 Å². The second-order valence-electron chi connectivity index (χ2n) is 5.29. The predicted octanol–water partition coefficient (Wildman–Crippen LogP) is 1.59. The molecule has 106 valence electrons. The van der Waals surface area contributed by atoms with Crippen LogP contribution < -0.4 is 9.64 Å². The molecule has 2 unspecified atom stereocenters. The molecule has 4 heteroatoms. The van der Waals surface area contributed by atoms with Crippen molar-refractivity contribution in [3.63, 3.8) is 0 Å². The Morgan fingerprint density at radius 1 is 1.37 bits per heavy atom. The van der Waals surface area contributed by atoms with Gasteiger partial charge in [0, 0.05) is 43.5 Å². The highest BCUT2D eigenvalue weighted by molar-refractivity contribution is 5.51. The first-order chi connectivity index (χ1) is 9.15. The van der Waals surface area contributed by atoms with Gasteiger partial charge >= 0.3 is 0 Å². The minimum absolute atomic E-state index is 0.244. The van der Waals surface area contributed by atoms with Crippen molar-refractivity contribution in [3.05, 3.63) is 24.3 Å². The number of ether oxygens (including phenoxy) is 1. The van der Waals surface area contributed by atoms with Gasteiger partial charge < -0.3 is 14.7 Å². The van der Waals surface area contributed by atoms with E-state index in [0.717, 1.165) is 25.3 Å². The van der Waals surface area contributed by atoms with Crippen LogP contribution in [0, 0.1) is 0 Å². The Morgan fingerprint density at radius 3 is 2.84 bits per heavy atom. The number of rotatable bonds is 4. The third-order valence-electron chi connectivity index (χ3n) is 4.07. The largest absolute Gasteiger partial charge is 0.497 e. The number of hydrogen-bond donors (Lipinski definition) is 1. The van der Waals surface area contributed by atoms with Gasteiger partial charge in [-0.2, -0.15) is 0 Å². The van der Waals surface area contributed by atoms with Gasteiger partial charge in [-0.3, -0.25) is 4.90 Å². The molecule has 4 nitrogen and oxygen atoms in total. The number of methoxy groups -OCH3 is 1. The Balaban J connectivity index is 2.15. The molecule has 0 aromatic heterocycles. The van der Waals surface area contributed by atoms with Crippen molar-refractivity contribution in [1.29, 1.82) is 0 Å². The smallest absolute Gasteiger partial charge is 0.120 e. The molecule has 1 N–H and O–H groups in total. The molecule has 19 heavy (non-hydrogen) atoms. The van der Waals surface area contributed by atoms with Gasteiger partial charge in [0.1, 0.15) is 5.75 Å². The molecule has 1 aromatic carbocycles. The lowest BCUT2D eigenvalue weighted by Gasteiger charge is -2.44. The molecule has 0 saturated carbocycles. The Kier molecular flexibility index (Phi) is 4.66. The molecular formula is C15H24N2O2. The maximum atomic E-state index is 9.20. The van der Waals surface area contributed by atoms with Gasteiger partial charge in [0.2, 0.25) is 0 Å². The summed E-state index contributed by atoms with van der Waals surface area (Å²) in [6, 6.07) is 9.08. The van der Waals surface area contributed by atoms with Crippen LogP contribution in [0.15, 0.2) is 24.3 Å². The Bertz CT molecular complexity index is 411. The topological polar surface area (TPSA) is 35.9 Å². The summed E-state index contributed by atoms with van der Waals surface area (Å²) in [4.78, 5) is 4.75. The first kappa shape index (κ1) is 14.2. The van der Waals surface area contributed by atoms with Crippen LogP contribution in [0.2, 0.25) is 0 Å². The van der Waals surface area contributed by atoms with Gasteiger partial charge in [0.15, 0.2) is 0 Å². The number of hydrogen-bond acceptors (Lipinski definition) is 4. The van der Waals surface area contributed by atoms with E-state index in [1.54, 1.807) is 7.11 Å². The van der Waals surface area contributed by atoms with Crippen LogP contribution in [0.25, 0.3) is 0 Å². The van der Waals surface area contributed by atoms with Gasteiger partial charge in [0.25, 0.3) is 0 Å². The van der Waals surface area contributed by atoms with Gasteiger partial charge in [-0.25, -0.2) is 0 Å². The number of aliphatic hydroxyl groups excluding tert-OH is 1. The molecule has 0 aliphatic carbocycles. The quantitative estimate of drug-likeness (QED) is 0.896. The first-order valence-corrected chi connectivity index (χ1v) is 6.87. The summed E-state index contributed by atoms with van der Waals surface area (Å²) in [5.41, 5.74) is 1.20. The average molecular weight is 264 g/mol. The van der Waals surface area contributed by atoms with Crippen LogP contribution in [0.5, 0.6) is 5.75 Å². The van der Waals surface area contributed by atoms with E-state index in [1.165, 1.54) is 5.69 Å². The first-order valence-electron chi connectivity index (χ1n) is 6.87. The molecule has 1 aromatic rings. The zero-order valence-electron chi connectivity index (χ0n) is 12.0. The van der Waals surface area contributed by atoms with E-state index in [1.807, 2.05) is 12.1 Å². The van der Waals surface area contributed by atoms with Crippen LogP contribution in [0.1, 0.15) is 13.3 Å². The highest BCUT2D eigenvalue weighted by Gasteiger charge is 2.29. The molecule has 1 aliphatic rings. The number of anilines is 1. The zero-order chi connectivity index (χ0) is 13.8. The van der Waals surface area contributed by atoms with Crippen molar-refractivity contribution in [2.45, 2.75) is 25.4 Å². The lowest BCUT2D eigenvalue weighted by atomic mass is 10.0. The van der Waals surface area contributed by atoms with E-state index in [4.69, 9.17) is 4.74 Å². The van der Waals surface area contributed by atoms with Crippen LogP contribution in [-0.2, 0) is 0 Å². The maximum Gasteiger partial charge on any atom is 0.120 e. The molecule has 1 fully saturated rings. The fourth-order valence-electron chi connectivity index (χ4n) is 2.73. The predicted molar refractivity (Wildman–Crippen MR) is 77.9 cm³/mol. The lowest BCUT2D eigenvalue weighted by Crippen LogP contribution is -2.56. The highest BCUT2D eigenvalue weighted by Crippen LogP contribution is 2.25. The molecular weight excluding hydrogens is 240 g/mol. The second-order valence-corrected chi connectivity index (χ2v) is 5.29. The minimum atomic E-state index is 0.244. The molecule has 2 rings (SSSR count). The van der Waals surface area contributed by atoms with E-state index in [0.29, 0.717) is 12.1 Å². The standard InChI is InChI=1S/C15H24N2O2/c1-12-10-17(11-14(7-8-18)16(12)2)13-5-4-6-15(9-13)19-3/h4-6,9,12,14,18H,7-8,10-11H2,1-3H3. The summed E-state index contributed by atoms with van der Waals surface area (Å²) < 4.78 is 5.29. The van der Waals surface area contributed by atoms with E-state index in [2.05, 4.69) is 35.9 Å². The van der Waals surface area contributed by atoms with E-state index in [9.17, 15) is 5.11 Å². The van der Waals surface area contributed by atoms with Crippen molar-refractivity contribution in [3.8, 4) is 5.75 Å². The summed E-state index contributed by atoms with van der Waals surface area (Å²) in [6.07, 6.45) is 0.821. The van der Waals surface area contributed by atoms with Crippen LogP contribution >= 0.6 is 0 Å². The number of benzene rings is 1. The van der Waals surface area contributed by atoms with Crippen molar-refractivity contribution < 1.29 is 9.84 Å². The lowest BCUT2D eigenvalue weighted by molar-refractivity contribution is 0.128. The van der Waals surface area contributed by atoms with Gasteiger partial charge in [0.05, 0.1) is 7.11 Å². The van der Waals surface area contributed by atoms with Crippen molar-refractivity contribution >= 4 is 5.69 Å². The second kappa shape index (κ2) is 6.26. The Hall–Kier alpha value is -1.26. The number of likely N-dealkylation sites (N-methyl/N-ethyl adjacent to an activating group) is 1. The molecule has 0 spiro atoms. The maximum absolute atomic E-state index is 9.20. The normalized spacial score (nSPS) is 24.5. The van der Waals surface area contributed by atoms with E-state index in [-0.39, 0.29) is 6.61 Å². The summed E-state index contributed by atoms with van der Waals surface area (Å²) in [5.74, 6) is 0.891. The SMILES string of the molecule is COc1cccc(N2CC(C)N(C)C(CCO)C2)c1. The summed E-state index contributed by atoms with van der Waals surface area (Å²) in [7, 11) is 3.84. The number of nitrogens with zero attached hydrogens (tertiary/aromatic N) is 2. The van der Waals surface area contributed by atoms with Crippen LogP contribution in [0.4, 0.5) is 5.69 Å². The molecule has 0 amide bonds. The summed E-state index contributed by atoms with van der Waals surface area (Å²) >= 11 is 0. The summed E-state index contributed by atoms with van der Waals surface area (Å²) in [6.45, 7) is 4.44. The average Bonchev–Trinajstić information content (AvgIpc) is 2.44. The van der Waals surface area contributed by atoms with Crippen LogP contribution in [-0.4, -0.2) is 55.9 Å². The number of piperazine rings is 1. The minimum Gasteiger partial charge on any atom is -0.497 e. The highest BCUT2D eigenvalue weighted by atomic mass is 16.5.